The van der Waals surface area contributed by atoms with Crippen LogP contribution in [-0.4, -0.2) is 17.8 Å². The fourth-order valence-corrected chi connectivity index (χ4v) is 2.45. The largest absolute Gasteiger partial charge is 0.452 e. The second kappa shape index (κ2) is 5.84. The minimum Gasteiger partial charge on any atom is -0.452 e. The van der Waals surface area contributed by atoms with Crippen LogP contribution >= 0.6 is 15.9 Å². The monoisotopic (exact) mass is 288 g/mol. The summed E-state index contributed by atoms with van der Waals surface area (Å²) in [5, 5.41) is 9.03. The molecule has 1 aromatic rings. The number of halogens is 1. The van der Waals surface area contributed by atoms with Gasteiger partial charge in [-0.2, -0.15) is 0 Å². The zero-order chi connectivity index (χ0) is 11.4. The summed E-state index contributed by atoms with van der Waals surface area (Å²) in [5.41, 5.74) is 0. The van der Waals surface area contributed by atoms with E-state index in [1.807, 2.05) is 12.1 Å². The van der Waals surface area contributed by atoms with Crippen molar-refractivity contribution in [3.63, 3.8) is 0 Å². The number of aliphatic hydroxyl groups excluding tert-OH is 1. The second-order valence-electron chi connectivity index (χ2n) is 4.34. The maximum atomic E-state index is 9.03. The highest BCUT2D eigenvalue weighted by molar-refractivity contribution is 9.10. The van der Waals surface area contributed by atoms with Crippen molar-refractivity contribution >= 4 is 15.9 Å². The van der Waals surface area contributed by atoms with Crippen molar-refractivity contribution in [3.8, 4) is 0 Å². The van der Waals surface area contributed by atoms with Crippen LogP contribution in [0.15, 0.2) is 21.2 Å². The van der Waals surface area contributed by atoms with Crippen LogP contribution < -0.4 is 0 Å². The Morgan fingerprint density at radius 3 is 2.62 bits per heavy atom. The fraction of sp³-hybridized carbons (Fsp3) is 0.667. The Balaban J connectivity index is 1.71. The van der Waals surface area contributed by atoms with E-state index in [-0.39, 0.29) is 0 Å². The molecule has 0 aliphatic heterocycles. The Morgan fingerprint density at radius 2 is 2.06 bits per heavy atom. The van der Waals surface area contributed by atoms with Crippen LogP contribution in [0.3, 0.4) is 0 Å². The molecule has 1 aliphatic carbocycles. The number of aliphatic hydroxyl groups is 1. The first kappa shape index (κ1) is 12.1. The molecule has 0 atom stereocenters. The summed E-state index contributed by atoms with van der Waals surface area (Å²) in [6.45, 7) is 0.859. The van der Waals surface area contributed by atoms with Gasteiger partial charge >= 0.3 is 0 Å². The van der Waals surface area contributed by atoms with Gasteiger partial charge in [0.2, 0.25) is 0 Å². The van der Waals surface area contributed by atoms with Crippen molar-refractivity contribution < 1.29 is 14.3 Å². The maximum Gasteiger partial charge on any atom is 0.169 e. The van der Waals surface area contributed by atoms with Crippen molar-refractivity contribution in [2.24, 2.45) is 5.92 Å². The molecule has 1 N–H and O–H groups in total. The standard InChI is InChI=1S/C12H17BrO3/c13-12-6-5-11(16-12)8-15-10-3-1-9(7-14)2-4-10/h5-6,9-10,14H,1-4,7-8H2. The first-order chi connectivity index (χ1) is 7.78. The summed E-state index contributed by atoms with van der Waals surface area (Å²) < 4.78 is 11.9. The number of rotatable bonds is 4. The summed E-state index contributed by atoms with van der Waals surface area (Å²) in [6.07, 6.45) is 4.57. The number of furan rings is 1. The number of hydrogen-bond acceptors (Lipinski definition) is 3. The molecule has 1 aromatic heterocycles. The SMILES string of the molecule is OCC1CCC(OCc2ccc(Br)o2)CC1. The lowest BCUT2D eigenvalue weighted by atomic mass is 9.88. The van der Waals surface area contributed by atoms with E-state index in [4.69, 9.17) is 14.3 Å². The predicted octanol–water partition coefficient (Wildman–Crippen LogP) is 3.11. The lowest BCUT2D eigenvalue weighted by molar-refractivity contribution is -0.00582. The van der Waals surface area contributed by atoms with Gasteiger partial charge in [-0.1, -0.05) is 0 Å². The van der Waals surface area contributed by atoms with Gasteiger partial charge in [0.15, 0.2) is 4.67 Å². The van der Waals surface area contributed by atoms with E-state index in [1.165, 1.54) is 0 Å². The van der Waals surface area contributed by atoms with Crippen LogP contribution in [0.5, 0.6) is 0 Å². The molecule has 16 heavy (non-hydrogen) atoms. The molecule has 0 radical (unpaired) electrons. The molecule has 0 spiro atoms. The van der Waals surface area contributed by atoms with E-state index >= 15 is 0 Å². The minimum absolute atomic E-state index is 0.317. The Labute approximate surface area is 104 Å². The van der Waals surface area contributed by atoms with Crippen molar-refractivity contribution in [2.45, 2.75) is 38.4 Å². The summed E-state index contributed by atoms with van der Waals surface area (Å²) in [6, 6.07) is 3.80. The van der Waals surface area contributed by atoms with Gasteiger partial charge in [0, 0.05) is 6.61 Å². The topological polar surface area (TPSA) is 42.6 Å². The third-order valence-corrected chi connectivity index (χ3v) is 3.57. The molecule has 1 fully saturated rings. The molecule has 2 rings (SSSR count). The first-order valence-electron chi connectivity index (χ1n) is 5.74. The molecular weight excluding hydrogens is 272 g/mol. The Hall–Kier alpha value is -0.320. The summed E-state index contributed by atoms with van der Waals surface area (Å²) >= 11 is 3.27. The van der Waals surface area contributed by atoms with E-state index in [0.717, 1.165) is 36.1 Å². The van der Waals surface area contributed by atoms with Crippen LogP contribution in [0.25, 0.3) is 0 Å². The third kappa shape index (κ3) is 3.34. The zero-order valence-electron chi connectivity index (χ0n) is 9.19. The second-order valence-corrected chi connectivity index (χ2v) is 5.12. The highest BCUT2D eigenvalue weighted by Crippen LogP contribution is 2.26. The number of hydrogen-bond donors (Lipinski definition) is 1. The molecule has 0 bridgehead atoms. The maximum absolute atomic E-state index is 9.03. The van der Waals surface area contributed by atoms with Crippen molar-refractivity contribution in [1.82, 2.24) is 0 Å². The predicted molar refractivity (Wildman–Crippen MR) is 64.0 cm³/mol. The third-order valence-electron chi connectivity index (χ3n) is 3.14. The first-order valence-corrected chi connectivity index (χ1v) is 6.54. The van der Waals surface area contributed by atoms with Gasteiger partial charge in [-0.05, 0) is 59.7 Å². The highest BCUT2D eigenvalue weighted by Gasteiger charge is 2.21. The van der Waals surface area contributed by atoms with E-state index < -0.39 is 0 Å². The van der Waals surface area contributed by atoms with Gasteiger partial charge in [-0.15, -0.1) is 0 Å². The lowest BCUT2D eigenvalue weighted by Gasteiger charge is -2.26. The normalized spacial score (nSPS) is 25.9. The molecule has 0 saturated heterocycles. The Morgan fingerprint density at radius 1 is 1.31 bits per heavy atom. The number of ether oxygens (including phenoxy) is 1. The molecular formula is C12H17BrO3. The zero-order valence-corrected chi connectivity index (χ0v) is 10.8. The Kier molecular flexibility index (Phi) is 4.44. The molecule has 1 heterocycles. The van der Waals surface area contributed by atoms with Crippen molar-refractivity contribution in [1.29, 1.82) is 0 Å². The average molecular weight is 289 g/mol. The molecule has 90 valence electrons. The van der Waals surface area contributed by atoms with Crippen molar-refractivity contribution in [2.75, 3.05) is 6.61 Å². The molecule has 0 aromatic carbocycles. The van der Waals surface area contributed by atoms with Crippen LogP contribution in [0, 0.1) is 5.92 Å². The molecule has 3 nitrogen and oxygen atoms in total. The quantitative estimate of drug-likeness (QED) is 0.926. The van der Waals surface area contributed by atoms with Gasteiger partial charge in [-0.25, -0.2) is 0 Å². The van der Waals surface area contributed by atoms with Crippen LogP contribution in [0.2, 0.25) is 0 Å². The van der Waals surface area contributed by atoms with E-state index in [2.05, 4.69) is 15.9 Å². The smallest absolute Gasteiger partial charge is 0.169 e. The molecule has 1 saturated carbocycles. The minimum atomic E-state index is 0.317. The van der Waals surface area contributed by atoms with Gasteiger partial charge in [0.05, 0.1) is 6.10 Å². The van der Waals surface area contributed by atoms with Crippen molar-refractivity contribution in [3.05, 3.63) is 22.6 Å². The van der Waals surface area contributed by atoms with Crippen LogP contribution in [0.1, 0.15) is 31.4 Å². The van der Waals surface area contributed by atoms with E-state index in [1.54, 1.807) is 0 Å². The van der Waals surface area contributed by atoms with Gasteiger partial charge in [-0.3, -0.25) is 0 Å². The van der Waals surface area contributed by atoms with E-state index in [9.17, 15) is 0 Å². The fourth-order valence-electron chi connectivity index (χ4n) is 2.11. The summed E-state index contributed by atoms with van der Waals surface area (Å²) in [7, 11) is 0. The van der Waals surface area contributed by atoms with Crippen LogP contribution in [-0.2, 0) is 11.3 Å². The van der Waals surface area contributed by atoms with Gasteiger partial charge in [0.25, 0.3) is 0 Å². The highest BCUT2D eigenvalue weighted by atomic mass is 79.9. The average Bonchev–Trinajstić information content (AvgIpc) is 2.73. The molecule has 0 amide bonds. The van der Waals surface area contributed by atoms with Gasteiger partial charge < -0.3 is 14.3 Å². The molecule has 0 unspecified atom stereocenters. The van der Waals surface area contributed by atoms with E-state index in [0.29, 0.717) is 25.2 Å². The summed E-state index contributed by atoms with van der Waals surface area (Å²) in [4.78, 5) is 0. The summed E-state index contributed by atoms with van der Waals surface area (Å²) in [5.74, 6) is 1.34. The van der Waals surface area contributed by atoms with Gasteiger partial charge in [0.1, 0.15) is 12.4 Å². The lowest BCUT2D eigenvalue weighted by Crippen LogP contribution is -2.23. The Bertz CT molecular complexity index is 316. The van der Waals surface area contributed by atoms with Crippen LogP contribution in [0.4, 0.5) is 0 Å². The molecule has 1 aliphatic rings. The molecule has 4 heteroatoms.